The molecule has 2 aromatic rings. The Hall–Kier alpha value is -1.29. The molecule has 2 aromatic carbocycles. The van der Waals surface area contributed by atoms with Gasteiger partial charge in [0.1, 0.15) is 0 Å². The molecule has 0 aromatic heterocycles. The van der Waals surface area contributed by atoms with E-state index in [0.717, 1.165) is 28.6 Å². The van der Waals surface area contributed by atoms with E-state index in [2.05, 4.69) is 16.7 Å². The van der Waals surface area contributed by atoms with Crippen molar-refractivity contribution in [1.29, 1.82) is 0 Å². The van der Waals surface area contributed by atoms with E-state index in [-0.39, 0.29) is 0 Å². The molecule has 2 rings (SSSR count). The Bertz CT molecular complexity index is 599. The van der Waals surface area contributed by atoms with Gasteiger partial charge in [0.25, 0.3) is 0 Å². The van der Waals surface area contributed by atoms with E-state index in [9.17, 15) is 0 Å². The Morgan fingerprint density at radius 2 is 1.67 bits per heavy atom. The van der Waals surface area contributed by atoms with Gasteiger partial charge in [0.15, 0.2) is 5.11 Å². The van der Waals surface area contributed by atoms with Crippen LogP contribution >= 0.6 is 35.4 Å². The summed E-state index contributed by atoms with van der Waals surface area (Å²) < 4.78 is 0. The molecule has 0 radical (unpaired) electrons. The molecule has 0 atom stereocenters. The minimum atomic E-state index is 0.645. The average molecular weight is 339 g/mol. The summed E-state index contributed by atoms with van der Waals surface area (Å²) in [5.41, 5.74) is 2.33. The molecule has 0 saturated carbocycles. The Morgan fingerprint density at radius 3 is 2.38 bits per heavy atom. The van der Waals surface area contributed by atoms with Crippen LogP contribution in [0.15, 0.2) is 48.5 Å². The summed E-state index contributed by atoms with van der Waals surface area (Å²) in [4.78, 5) is 0. The second-order valence-corrected chi connectivity index (χ2v) is 5.90. The van der Waals surface area contributed by atoms with E-state index in [0.29, 0.717) is 11.7 Å². The molecule has 0 fully saturated rings. The van der Waals surface area contributed by atoms with Gasteiger partial charge in [-0.25, -0.2) is 0 Å². The predicted molar refractivity (Wildman–Crippen MR) is 94.0 cm³/mol. The molecule has 0 aliphatic carbocycles. The van der Waals surface area contributed by atoms with E-state index in [1.54, 1.807) is 0 Å². The fourth-order valence-electron chi connectivity index (χ4n) is 1.86. The maximum atomic E-state index is 5.95. The number of hydrogen-bond acceptors (Lipinski definition) is 1. The minimum absolute atomic E-state index is 0.645. The first-order valence-corrected chi connectivity index (χ1v) is 7.80. The quantitative estimate of drug-likeness (QED) is 0.799. The van der Waals surface area contributed by atoms with Crippen LogP contribution in [0.1, 0.15) is 11.1 Å². The van der Waals surface area contributed by atoms with E-state index in [1.165, 1.54) is 5.56 Å². The molecule has 2 N–H and O–H groups in total. The summed E-state index contributed by atoms with van der Waals surface area (Å²) >= 11 is 17.0. The zero-order valence-corrected chi connectivity index (χ0v) is 13.7. The first-order valence-electron chi connectivity index (χ1n) is 6.64. The standard InChI is InChI=1S/C16H16Cl2N2S/c17-14-6-4-13(5-7-14)11-20-16(21)19-9-8-12-2-1-3-15(18)10-12/h1-7,10H,8-9,11H2,(H2,19,20,21). The lowest BCUT2D eigenvalue weighted by Gasteiger charge is -2.10. The van der Waals surface area contributed by atoms with E-state index >= 15 is 0 Å². The SMILES string of the molecule is S=C(NCCc1cccc(Cl)c1)NCc1ccc(Cl)cc1. The lowest BCUT2D eigenvalue weighted by molar-refractivity contribution is 0.815. The highest BCUT2D eigenvalue weighted by atomic mass is 35.5. The first-order chi connectivity index (χ1) is 10.1. The number of rotatable bonds is 5. The summed E-state index contributed by atoms with van der Waals surface area (Å²) in [5, 5.41) is 8.49. The lowest BCUT2D eigenvalue weighted by Crippen LogP contribution is -2.35. The summed E-state index contributed by atoms with van der Waals surface area (Å²) in [5.74, 6) is 0. The molecule has 110 valence electrons. The first kappa shape index (κ1) is 16.1. The van der Waals surface area contributed by atoms with Crippen LogP contribution in [0.25, 0.3) is 0 Å². The van der Waals surface area contributed by atoms with Crippen LogP contribution in [0.3, 0.4) is 0 Å². The van der Waals surface area contributed by atoms with Gasteiger partial charge >= 0.3 is 0 Å². The molecule has 0 saturated heterocycles. The third kappa shape index (κ3) is 5.92. The number of benzene rings is 2. The van der Waals surface area contributed by atoms with Crippen molar-refractivity contribution in [3.63, 3.8) is 0 Å². The maximum absolute atomic E-state index is 5.95. The van der Waals surface area contributed by atoms with Crippen molar-refractivity contribution in [2.45, 2.75) is 13.0 Å². The maximum Gasteiger partial charge on any atom is 0.166 e. The molecule has 21 heavy (non-hydrogen) atoms. The van der Waals surface area contributed by atoms with Gasteiger partial charge in [-0.3, -0.25) is 0 Å². The lowest BCUT2D eigenvalue weighted by atomic mass is 10.1. The van der Waals surface area contributed by atoms with Gasteiger partial charge in [-0.1, -0.05) is 47.5 Å². The second kappa shape index (κ2) is 8.23. The van der Waals surface area contributed by atoms with Crippen LogP contribution in [0.4, 0.5) is 0 Å². The largest absolute Gasteiger partial charge is 0.362 e. The molecule has 5 heteroatoms. The van der Waals surface area contributed by atoms with Crippen molar-refractivity contribution < 1.29 is 0 Å². The Balaban J connectivity index is 1.69. The number of nitrogens with one attached hydrogen (secondary N) is 2. The van der Waals surface area contributed by atoms with Crippen molar-refractivity contribution in [2.75, 3.05) is 6.54 Å². The van der Waals surface area contributed by atoms with Gasteiger partial charge in [0.2, 0.25) is 0 Å². The van der Waals surface area contributed by atoms with Gasteiger partial charge in [-0.2, -0.15) is 0 Å². The summed E-state index contributed by atoms with van der Waals surface area (Å²) in [6.45, 7) is 1.45. The molecule has 0 bridgehead atoms. The number of hydrogen-bond donors (Lipinski definition) is 2. The van der Waals surface area contributed by atoms with Gasteiger partial charge in [-0.15, -0.1) is 0 Å². The monoisotopic (exact) mass is 338 g/mol. The van der Waals surface area contributed by atoms with Crippen LogP contribution in [0.2, 0.25) is 10.0 Å². The topological polar surface area (TPSA) is 24.1 Å². The van der Waals surface area contributed by atoms with E-state index in [1.807, 2.05) is 42.5 Å². The van der Waals surface area contributed by atoms with Gasteiger partial charge in [-0.05, 0) is 54.0 Å². The second-order valence-electron chi connectivity index (χ2n) is 4.62. The predicted octanol–water partition coefficient (Wildman–Crippen LogP) is 4.20. The molecule has 0 heterocycles. The zero-order valence-electron chi connectivity index (χ0n) is 11.4. The molecular weight excluding hydrogens is 323 g/mol. The van der Waals surface area contributed by atoms with Crippen molar-refractivity contribution in [3.8, 4) is 0 Å². The third-order valence-corrected chi connectivity index (χ3v) is 3.73. The smallest absolute Gasteiger partial charge is 0.166 e. The zero-order chi connectivity index (χ0) is 15.1. The average Bonchev–Trinajstić information content (AvgIpc) is 2.47. The molecule has 0 amide bonds. The van der Waals surface area contributed by atoms with Crippen LogP contribution in [0.5, 0.6) is 0 Å². The summed E-state index contributed by atoms with van der Waals surface area (Å²) in [6.07, 6.45) is 0.878. The van der Waals surface area contributed by atoms with Crippen LogP contribution in [0, 0.1) is 0 Å². The highest BCUT2D eigenvalue weighted by Gasteiger charge is 1.98. The van der Waals surface area contributed by atoms with E-state index in [4.69, 9.17) is 35.4 Å². The van der Waals surface area contributed by atoms with Crippen LogP contribution in [-0.4, -0.2) is 11.7 Å². The van der Waals surface area contributed by atoms with Gasteiger partial charge < -0.3 is 10.6 Å². The van der Waals surface area contributed by atoms with Crippen molar-refractivity contribution in [1.82, 2.24) is 10.6 Å². The molecule has 0 aliphatic heterocycles. The summed E-state index contributed by atoms with van der Waals surface area (Å²) in [7, 11) is 0. The molecule has 2 nitrogen and oxygen atoms in total. The van der Waals surface area contributed by atoms with Crippen molar-refractivity contribution in [2.24, 2.45) is 0 Å². The Morgan fingerprint density at radius 1 is 0.905 bits per heavy atom. The fraction of sp³-hybridized carbons (Fsp3) is 0.188. The molecule has 0 unspecified atom stereocenters. The normalized spacial score (nSPS) is 10.2. The molecule has 0 spiro atoms. The van der Waals surface area contributed by atoms with E-state index < -0.39 is 0 Å². The summed E-state index contributed by atoms with van der Waals surface area (Å²) in [6, 6.07) is 15.5. The van der Waals surface area contributed by atoms with Crippen molar-refractivity contribution in [3.05, 3.63) is 69.7 Å². The number of halogens is 2. The Labute approximate surface area is 140 Å². The number of thiocarbonyl (C=S) groups is 1. The molecular formula is C16H16Cl2N2S. The fourth-order valence-corrected chi connectivity index (χ4v) is 2.37. The third-order valence-electron chi connectivity index (χ3n) is 2.95. The van der Waals surface area contributed by atoms with Gasteiger partial charge in [0.05, 0.1) is 0 Å². The van der Waals surface area contributed by atoms with Crippen molar-refractivity contribution >= 4 is 40.5 Å². The minimum Gasteiger partial charge on any atom is -0.362 e. The van der Waals surface area contributed by atoms with Gasteiger partial charge in [0, 0.05) is 23.1 Å². The highest BCUT2D eigenvalue weighted by molar-refractivity contribution is 7.80. The Kier molecular flexibility index (Phi) is 6.30. The highest BCUT2D eigenvalue weighted by Crippen LogP contribution is 2.11. The van der Waals surface area contributed by atoms with Crippen LogP contribution in [-0.2, 0) is 13.0 Å². The molecule has 0 aliphatic rings. The van der Waals surface area contributed by atoms with Crippen LogP contribution < -0.4 is 10.6 Å².